The summed E-state index contributed by atoms with van der Waals surface area (Å²) in [6.45, 7) is 2.93. The third-order valence-electron chi connectivity index (χ3n) is 3.19. The van der Waals surface area contributed by atoms with E-state index < -0.39 is 0 Å². The summed E-state index contributed by atoms with van der Waals surface area (Å²) in [6.07, 6.45) is 3.41. The van der Waals surface area contributed by atoms with Crippen molar-refractivity contribution in [3.63, 3.8) is 0 Å². The fourth-order valence-corrected chi connectivity index (χ4v) is 2.35. The lowest BCUT2D eigenvalue weighted by molar-refractivity contribution is 0.421. The van der Waals surface area contributed by atoms with Gasteiger partial charge in [0.05, 0.1) is 6.04 Å². The zero-order valence-electron chi connectivity index (χ0n) is 10.2. The van der Waals surface area contributed by atoms with E-state index in [-0.39, 0.29) is 0 Å². The summed E-state index contributed by atoms with van der Waals surface area (Å²) in [6, 6.07) is 9.25. The number of halogens is 1. The van der Waals surface area contributed by atoms with Crippen LogP contribution in [0.15, 0.2) is 24.3 Å². The molecule has 1 fully saturated rings. The van der Waals surface area contributed by atoms with E-state index >= 15 is 0 Å². The number of nitrogens with one attached hydrogen (secondary N) is 1. The molecule has 1 unspecified atom stereocenters. The summed E-state index contributed by atoms with van der Waals surface area (Å²) in [5.74, 6) is 0.769. The second-order valence-electron chi connectivity index (χ2n) is 4.51. The van der Waals surface area contributed by atoms with Crippen LogP contribution in [0.1, 0.15) is 30.0 Å². The SMILES string of the molecule is ClCCCCc1ccc(C2CNCC[N]2)cc1. The lowest BCUT2D eigenvalue weighted by atomic mass is 10.0. The molecule has 0 bridgehead atoms. The topological polar surface area (TPSA) is 26.1 Å². The van der Waals surface area contributed by atoms with Gasteiger partial charge < -0.3 is 5.32 Å². The Hall–Kier alpha value is -0.570. The van der Waals surface area contributed by atoms with Crippen molar-refractivity contribution in [1.82, 2.24) is 10.6 Å². The van der Waals surface area contributed by atoms with Gasteiger partial charge in [-0.3, -0.25) is 0 Å². The molecule has 2 rings (SSSR count). The molecule has 1 aromatic carbocycles. The van der Waals surface area contributed by atoms with Gasteiger partial charge in [-0.25, -0.2) is 5.32 Å². The van der Waals surface area contributed by atoms with Gasteiger partial charge in [-0.2, -0.15) is 0 Å². The Balaban J connectivity index is 1.88. The molecule has 1 heterocycles. The first-order valence-electron chi connectivity index (χ1n) is 6.42. The Labute approximate surface area is 109 Å². The molecule has 0 amide bonds. The smallest absolute Gasteiger partial charge is 0.0620 e. The average Bonchev–Trinajstić information content (AvgIpc) is 2.41. The average molecular weight is 252 g/mol. The number of hydrogen-bond acceptors (Lipinski definition) is 1. The van der Waals surface area contributed by atoms with Gasteiger partial charge in [-0.05, 0) is 30.4 Å². The number of alkyl halides is 1. The van der Waals surface area contributed by atoms with Crippen molar-refractivity contribution in [2.24, 2.45) is 0 Å². The Morgan fingerprint density at radius 2 is 2.06 bits per heavy atom. The van der Waals surface area contributed by atoms with Crippen molar-refractivity contribution in [3.05, 3.63) is 35.4 Å². The Morgan fingerprint density at radius 1 is 1.24 bits per heavy atom. The number of benzene rings is 1. The lowest BCUT2D eigenvalue weighted by Gasteiger charge is -2.23. The van der Waals surface area contributed by atoms with E-state index in [1.807, 2.05) is 0 Å². The first-order valence-corrected chi connectivity index (χ1v) is 6.96. The molecule has 0 spiro atoms. The molecule has 0 saturated carbocycles. The summed E-state index contributed by atoms with van der Waals surface area (Å²) in [7, 11) is 0. The van der Waals surface area contributed by atoms with Gasteiger partial charge in [0.25, 0.3) is 0 Å². The highest BCUT2D eigenvalue weighted by Gasteiger charge is 2.14. The van der Waals surface area contributed by atoms with Gasteiger partial charge in [-0.15, -0.1) is 11.6 Å². The van der Waals surface area contributed by atoms with Crippen LogP contribution in [-0.4, -0.2) is 25.5 Å². The Morgan fingerprint density at radius 3 is 2.71 bits per heavy atom. The fraction of sp³-hybridized carbons (Fsp3) is 0.571. The molecule has 1 aliphatic heterocycles. The fourth-order valence-electron chi connectivity index (χ4n) is 2.16. The largest absolute Gasteiger partial charge is 0.313 e. The zero-order valence-corrected chi connectivity index (χ0v) is 10.9. The van der Waals surface area contributed by atoms with Gasteiger partial charge in [0, 0.05) is 25.5 Å². The van der Waals surface area contributed by atoms with Crippen LogP contribution >= 0.6 is 11.6 Å². The highest BCUT2D eigenvalue weighted by molar-refractivity contribution is 6.17. The molecule has 1 radical (unpaired) electrons. The number of unbranched alkanes of at least 4 members (excludes halogenated alkanes) is 1. The summed E-state index contributed by atoms with van der Waals surface area (Å²) >= 11 is 5.68. The van der Waals surface area contributed by atoms with Crippen LogP contribution in [0.25, 0.3) is 0 Å². The van der Waals surface area contributed by atoms with Crippen LogP contribution in [0.3, 0.4) is 0 Å². The van der Waals surface area contributed by atoms with Gasteiger partial charge in [-0.1, -0.05) is 24.3 Å². The minimum absolute atomic E-state index is 0.348. The van der Waals surface area contributed by atoms with Crippen LogP contribution < -0.4 is 10.6 Å². The maximum absolute atomic E-state index is 5.68. The van der Waals surface area contributed by atoms with E-state index in [2.05, 4.69) is 34.9 Å². The Kier molecular flexibility index (Phi) is 5.30. The molecule has 0 aromatic heterocycles. The van der Waals surface area contributed by atoms with Crippen molar-refractivity contribution < 1.29 is 0 Å². The number of hydrogen-bond donors (Lipinski definition) is 1. The van der Waals surface area contributed by atoms with Crippen LogP contribution in [0.4, 0.5) is 0 Å². The van der Waals surface area contributed by atoms with E-state index in [1.54, 1.807) is 0 Å². The highest BCUT2D eigenvalue weighted by Crippen LogP contribution is 2.16. The monoisotopic (exact) mass is 251 g/mol. The first-order chi connectivity index (χ1) is 8.40. The summed E-state index contributed by atoms with van der Waals surface area (Å²) in [5, 5.41) is 8.01. The van der Waals surface area contributed by atoms with Crippen molar-refractivity contribution in [2.45, 2.75) is 25.3 Å². The third-order valence-corrected chi connectivity index (χ3v) is 3.46. The lowest BCUT2D eigenvalue weighted by Crippen LogP contribution is -2.38. The molecule has 17 heavy (non-hydrogen) atoms. The second kappa shape index (κ2) is 7.00. The third kappa shape index (κ3) is 3.98. The van der Waals surface area contributed by atoms with E-state index in [1.165, 1.54) is 17.5 Å². The normalized spacial score (nSPS) is 20.4. The van der Waals surface area contributed by atoms with Gasteiger partial charge in [0.15, 0.2) is 0 Å². The zero-order chi connectivity index (χ0) is 11.9. The molecule has 3 heteroatoms. The standard InChI is InChI=1S/C14H20ClN2/c15-8-2-1-3-12-4-6-13(7-5-12)14-11-16-9-10-17-14/h4-7,14,16H,1-3,8-11H2. The van der Waals surface area contributed by atoms with Crippen molar-refractivity contribution in [3.8, 4) is 0 Å². The van der Waals surface area contributed by atoms with Crippen molar-refractivity contribution in [2.75, 3.05) is 25.5 Å². The number of nitrogens with zero attached hydrogens (tertiary/aromatic N) is 1. The van der Waals surface area contributed by atoms with Crippen molar-refractivity contribution >= 4 is 11.6 Å². The van der Waals surface area contributed by atoms with Crippen LogP contribution in [0.2, 0.25) is 0 Å². The van der Waals surface area contributed by atoms with E-state index in [0.29, 0.717) is 6.04 Å². The molecule has 93 valence electrons. The summed E-state index contributed by atoms with van der Waals surface area (Å²) < 4.78 is 0. The quantitative estimate of drug-likeness (QED) is 0.632. The minimum Gasteiger partial charge on any atom is -0.313 e. The van der Waals surface area contributed by atoms with Gasteiger partial charge >= 0.3 is 0 Å². The maximum atomic E-state index is 5.68. The molecule has 2 nitrogen and oxygen atoms in total. The van der Waals surface area contributed by atoms with E-state index in [4.69, 9.17) is 11.6 Å². The van der Waals surface area contributed by atoms with Crippen LogP contribution in [0, 0.1) is 0 Å². The maximum Gasteiger partial charge on any atom is 0.0620 e. The predicted octanol–water partition coefficient (Wildman–Crippen LogP) is 2.50. The molecule has 1 atom stereocenters. The second-order valence-corrected chi connectivity index (χ2v) is 4.89. The number of aryl methyl sites for hydroxylation is 1. The molecular formula is C14H20ClN2. The molecule has 1 saturated heterocycles. The molecular weight excluding hydrogens is 232 g/mol. The number of piperazine rings is 1. The molecule has 0 aliphatic carbocycles. The number of rotatable bonds is 5. The summed E-state index contributed by atoms with van der Waals surface area (Å²) in [5.41, 5.74) is 2.74. The predicted molar refractivity (Wildman–Crippen MR) is 72.7 cm³/mol. The Bertz CT molecular complexity index is 317. The van der Waals surface area contributed by atoms with Crippen LogP contribution in [-0.2, 0) is 6.42 Å². The van der Waals surface area contributed by atoms with Gasteiger partial charge in [0.1, 0.15) is 0 Å². The van der Waals surface area contributed by atoms with Gasteiger partial charge in [0.2, 0.25) is 0 Å². The molecule has 1 aliphatic rings. The van der Waals surface area contributed by atoms with Crippen molar-refractivity contribution in [1.29, 1.82) is 0 Å². The van der Waals surface area contributed by atoms with E-state index in [9.17, 15) is 0 Å². The molecule has 1 aromatic rings. The summed E-state index contributed by atoms with van der Waals surface area (Å²) in [4.78, 5) is 0. The molecule has 1 N–H and O–H groups in total. The first kappa shape index (κ1) is 12.9. The highest BCUT2D eigenvalue weighted by atomic mass is 35.5. The van der Waals surface area contributed by atoms with Crippen LogP contribution in [0.5, 0.6) is 0 Å². The minimum atomic E-state index is 0.348. The van der Waals surface area contributed by atoms with E-state index in [0.717, 1.165) is 38.4 Å².